The first-order valence-corrected chi connectivity index (χ1v) is 8.55. The molecular weight excluding hydrogens is 298 g/mol. The molecule has 1 atom stereocenters. The van der Waals surface area contributed by atoms with E-state index in [2.05, 4.69) is 11.9 Å². The van der Waals surface area contributed by atoms with Gasteiger partial charge in [0.15, 0.2) is 0 Å². The molecule has 1 unspecified atom stereocenters. The van der Waals surface area contributed by atoms with Gasteiger partial charge in [0.2, 0.25) is 5.91 Å². The number of aryl methyl sites for hydroxylation is 2. The van der Waals surface area contributed by atoms with Gasteiger partial charge in [-0.15, -0.1) is 11.3 Å². The van der Waals surface area contributed by atoms with Crippen LogP contribution in [-0.4, -0.2) is 32.9 Å². The molecule has 5 nitrogen and oxygen atoms in total. The molecule has 0 bridgehead atoms. The summed E-state index contributed by atoms with van der Waals surface area (Å²) in [4.78, 5) is 33.2. The highest BCUT2D eigenvalue weighted by Crippen LogP contribution is 2.25. The van der Waals surface area contributed by atoms with E-state index in [4.69, 9.17) is 0 Å². The number of piperidine rings is 1. The van der Waals surface area contributed by atoms with Crippen LogP contribution >= 0.6 is 11.3 Å². The number of thiophene rings is 1. The quantitative estimate of drug-likeness (QED) is 0.854. The molecule has 118 valence electrons. The Bertz CT molecular complexity index is 778. The third kappa shape index (κ3) is 2.56. The molecule has 2 aromatic heterocycles. The summed E-state index contributed by atoms with van der Waals surface area (Å²) in [6, 6.07) is 0.263. The van der Waals surface area contributed by atoms with Gasteiger partial charge in [-0.2, -0.15) is 0 Å². The second-order valence-corrected chi connectivity index (χ2v) is 7.28. The number of carbonyl (C=O) groups is 1. The van der Waals surface area contributed by atoms with Crippen molar-refractivity contribution in [2.24, 2.45) is 0 Å². The maximum Gasteiger partial charge on any atom is 0.262 e. The monoisotopic (exact) mass is 319 g/mol. The van der Waals surface area contributed by atoms with Gasteiger partial charge in [-0.1, -0.05) is 0 Å². The zero-order valence-electron chi connectivity index (χ0n) is 13.3. The third-order valence-electron chi connectivity index (χ3n) is 4.58. The number of likely N-dealkylation sites (tertiary alicyclic amines) is 1. The lowest BCUT2D eigenvalue weighted by atomic mass is 10.0. The van der Waals surface area contributed by atoms with Crippen molar-refractivity contribution >= 4 is 27.5 Å². The molecule has 0 spiro atoms. The maximum absolute atomic E-state index is 12.6. The number of rotatable bonds is 2. The van der Waals surface area contributed by atoms with Crippen LogP contribution in [-0.2, 0) is 11.3 Å². The van der Waals surface area contributed by atoms with Crippen LogP contribution in [0.25, 0.3) is 10.2 Å². The third-order valence-corrected chi connectivity index (χ3v) is 5.70. The minimum Gasteiger partial charge on any atom is -0.338 e. The van der Waals surface area contributed by atoms with Crippen LogP contribution < -0.4 is 5.56 Å². The van der Waals surface area contributed by atoms with Gasteiger partial charge in [0.25, 0.3) is 5.56 Å². The minimum absolute atomic E-state index is 0.0139. The summed E-state index contributed by atoms with van der Waals surface area (Å²) in [6.07, 6.45) is 4.77. The largest absolute Gasteiger partial charge is 0.338 e. The van der Waals surface area contributed by atoms with E-state index >= 15 is 0 Å². The van der Waals surface area contributed by atoms with Crippen molar-refractivity contribution in [1.29, 1.82) is 0 Å². The van der Waals surface area contributed by atoms with E-state index in [9.17, 15) is 9.59 Å². The summed E-state index contributed by atoms with van der Waals surface area (Å²) in [5.74, 6) is 0.0139. The van der Waals surface area contributed by atoms with Crippen LogP contribution in [0.15, 0.2) is 11.1 Å². The fourth-order valence-electron chi connectivity index (χ4n) is 3.09. The maximum atomic E-state index is 12.6. The van der Waals surface area contributed by atoms with Gasteiger partial charge in [0.1, 0.15) is 11.4 Å². The predicted octanol–water partition coefficient (Wildman–Crippen LogP) is 2.48. The molecule has 1 aliphatic rings. The highest BCUT2D eigenvalue weighted by atomic mass is 32.1. The van der Waals surface area contributed by atoms with Crippen LogP contribution in [0.5, 0.6) is 0 Å². The van der Waals surface area contributed by atoms with Crippen LogP contribution in [0.4, 0.5) is 0 Å². The number of aromatic nitrogens is 2. The number of hydrogen-bond donors (Lipinski definition) is 0. The second-order valence-electron chi connectivity index (χ2n) is 6.07. The van der Waals surface area contributed by atoms with E-state index in [1.165, 1.54) is 28.7 Å². The average Bonchev–Trinajstić information content (AvgIpc) is 2.78. The van der Waals surface area contributed by atoms with Crippen molar-refractivity contribution in [1.82, 2.24) is 14.5 Å². The van der Waals surface area contributed by atoms with Crippen molar-refractivity contribution in [2.45, 2.75) is 52.6 Å². The van der Waals surface area contributed by atoms with E-state index < -0.39 is 0 Å². The molecule has 0 N–H and O–H groups in total. The normalized spacial score (nSPS) is 18.9. The van der Waals surface area contributed by atoms with Crippen molar-refractivity contribution in [2.75, 3.05) is 6.54 Å². The molecule has 22 heavy (non-hydrogen) atoms. The Morgan fingerprint density at radius 2 is 2.18 bits per heavy atom. The molecule has 3 rings (SSSR count). The van der Waals surface area contributed by atoms with Crippen molar-refractivity contribution in [3.63, 3.8) is 0 Å². The number of fused-ring (bicyclic) bond motifs is 1. The minimum atomic E-state index is -0.107. The van der Waals surface area contributed by atoms with E-state index in [1.54, 1.807) is 0 Å². The van der Waals surface area contributed by atoms with Gasteiger partial charge in [-0.3, -0.25) is 14.2 Å². The van der Waals surface area contributed by atoms with E-state index in [1.807, 2.05) is 18.7 Å². The van der Waals surface area contributed by atoms with Gasteiger partial charge in [0, 0.05) is 17.5 Å². The highest BCUT2D eigenvalue weighted by Gasteiger charge is 2.24. The van der Waals surface area contributed by atoms with Gasteiger partial charge < -0.3 is 4.90 Å². The summed E-state index contributed by atoms with van der Waals surface area (Å²) in [5, 5.41) is 0.657. The molecule has 1 saturated heterocycles. The zero-order valence-corrected chi connectivity index (χ0v) is 14.1. The van der Waals surface area contributed by atoms with E-state index in [0.29, 0.717) is 5.39 Å². The first-order chi connectivity index (χ1) is 10.5. The summed E-state index contributed by atoms with van der Waals surface area (Å²) >= 11 is 1.53. The lowest BCUT2D eigenvalue weighted by Gasteiger charge is -2.33. The summed E-state index contributed by atoms with van der Waals surface area (Å²) < 4.78 is 1.45. The highest BCUT2D eigenvalue weighted by molar-refractivity contribution is 7.18. The molecule has 0 saturated carbocycles. The van der Waals surface area contributed by atoms with Crippen LogP contribution in [0.2, 0.25) is 0 Å². The van der Waals surface area contributed by atoms with Gasteiger partial charge in [-0.25, -0.2) is 4.98 Å². The number of hydrogen-bond acceptors (Lipinski definition) is 4. The molecule has 1 aliphatic heterocycles. The Morgan fingerprint density at radius 1 is 1.41 bits per heavy atom. The fraction of sp³-hybridized carbons (Fsp3) is 0.562. The summed E-state index contributed by atoms with van der Waals surface area (Å²) in [6.45, 7) is 6.89. The lowest BCUT2D eigenvalue weighted by Crippen LogP contribution is -2.44. The van der Waals surface area contributed by atoms with Gasteiger partial charge in [-0.05, 0) is 45.6 Å². The van der Waals surface area contributed by atoms with Crippen molar-refractivity contribution < 1.29 is 4.79 Å². The van der Waals surface area contributed by atoms with Crippen LogP contribution in [0, 0.1) is 13.8 Å². The molecule has 2 aromatic rings. The van der Waals surface area contributed by atoms with Crippen molar-refractivity contribution in [3.05, 3.63) is 27.1 Å². The average molecular weight is 319 g/mol. The molecule has 3 heterocycles. The van der Waals surface area contributed by atoms with Crippen LogP contribution in [0.3, 0.4) is 0 Å². The smallest absolute Gasteiger partial charge is 0.262 e. The topological polar surface area (TPSA) is 55.2 Å². The van der Waals surface area contributed by atoms with Gasteiger partial charge in [0.05, 0.1) is 11.7 Å². The number of amides is 1. The van der Waals surface area contributed by atoms with Gasteiger partial charge >= 0.3 is 0 Å². The van der Waals surface area contributed by atoms with E-state index in [-0.39, 0.29) is 24.1 Å². The molecule has 0 radical (unpaired) electrons. The predicted molar refractivity (Wildman–Crippen MR) is 88.4 cm³/mol. The fourth-order valence-corrected chi connectivity index (χ4v) is 4.08. The standard InChI is InChI=1S/C16H21N3O2S/c1-10-6-4-5-7-19(10)13(20)8-18-9-17-15-14(16(18)21)11(2)12(3)22-15/h9-10H,4-8H2,1-3H3. The summed E-state index contributed by atoms with van der Waals surface area (Å²) in [5.41, 5.74) is 0.871. The SMILES string of the molecule is Cc1sc2ncn(CC(=O)N3CCCCC3C)c(=O)c2c1C. The Labute approximate surface area is 133 Å². The Kier molecular flexibility index (Phi) is 4.04. The Morgan fingerprint density at radius 3 is 2.91 bits per heavy atom. The number of nitrogens with zero attached hydrogens (tertiary/aromatic N) is 3. The van der Waals surface area contributed by atoms with E-state index in [0.717, 1.165) is 34.7 Å². The molecule has 1 amide bonds. The zero-order chi connectivity index (χ0) is 15.9. The number of carbonyl (C=O) groups excluding carboxylic acids is 1. The molecule has 0 aliphatic carbocycles. The summed E-state index contributed by atoms with van der Waals surface area (Å²) in [7, 11) is 0. The molecule has 0 aromatic carbocycles. The molecule has 6 heteroatoms. The Hall–Kier alpha value is -1.69. The molecule has 1 fully saturated rings. The van der Waals surface area contributed by atoms with Crippen LogP contribution in [0.1, 0.15) is 36.6 Å². The second kappa shape index (κ2) is 5.83. The molecular formula is C16H21N3O2S. The lowest BCUT2D eigenvalue weighted by molar-refractivity contribution is -0.135. The Balaban J connectivity index is 1.91. The first kappa shape index (κ1) is 15.2. The van der Waals surface area contributed by atoms with Crippen molar-refractivity contribution in [3.8, 4) is 0 Å². The first-order valence-electron chi connectivity index (χ1n) is 7.73.